The van der Waals surface area contributed by atoms with Crippen LogP contribution in [0.5, 0.6) is 11.5 Å². The Morgan fingerprint density at radius 1 is 1.16 bits per heavy atom. The van der Waals surface area contributed by atoms with Crippen molar-refractivity contribution in [3.63, 3.8) is 0 Å². The van der Waals surface area contributed by atoms with E-state index in [4.69, 9.17) is 16.3 Å². The average Bonchev–Trinajstić information content (AvgIpc) is 2.58. The van der Waals surface area contributed by atoms with Crippen molar-refractivity contribution in [3.8, 4) is 11.5 Å². The molecule has 2 N–H and O–H groups in total. The molecule has 2 amide bonds. The zero-order chi connectivity index (χ0) is 18.2. The fourth-order valence-electron chi connectivity index (χ4n) is 2.21. The summed E-state index contributed by atoms with van der Waals surface area (Å²) in [5.74, 6) is 0.890. The number of anilines is 1. The summed E-state index contributed by atoms with van der Waals surface area (Å²) in [6, 6.07) is 12.2. The van der Waals surface area contributed by atoms with Crippen molar-refractivity contribution in [1.29, 1.82) is 0 Å². The van der Waals surface area contributed by atoms with Crippen molar-refractivity contribution in [1.82, 2.24) is 4.90 Å². The Labute approximate surface area is 153 Å². The first kappa shape index (κ1) is 18.9. The second-order valence-corrected chi connectivity index (χ2v) is 6.35. The molecule has 0 heterocycles. The normalized spacial score (nSPS) is 10.4. The molecule has 0 fully saturated rings. The van der Waals surface area contributed by atoms with Crippen LogP contribution in [-0.4, -0.2) is 36.7 Å². The molecule has 6 heteroatoms. The van der Waals surface area contributed by atoms with Crippen molar-refractivity contribution < 1.29 is 14.6 Å². The highest BCUT2D eigenvalue weighted by molar-refractivity contribution is 6.32. The number of amides is 2. The van der Waals surface area contributed by atoms with Crippen LogP contribution in [0, 0.1) is 0 Å². The van der Waals surface area contributed by atoms with Gasteiger partial charge in [0.1, 0.15) is 11.5 Å². The van der Waals surface area contributed by atoms with Crippen LogP contribution in [0.1, 0.15) is 18.4 Å². The van der Waals surface area contributed by atoms with Crippen molar-refractivity contribution in [2.75, 3.05) is 26.0 Å². The number of halogens is 1. The third kappa shape index (κ3) is 6.19. The van der Waals surface area contributed by atoms with Gasteiger partial charge in [0.2, 0.25) is 0 Å². The molecule has 0 aliphatic carbocycles. The second-order valence-electron chi connectivity index (χ2n) is 5.94. The number of aromatic hydroxyl groups is 1. The fourth-order valence-corrected chi connectivity index (χ4v) is 2.44. The van der Waals surface area contributed by atoms with E-state index in [0.717, 1.165) is 19.3 Å². The Morgan fingerprint density at radius 2 is 1.88 bits per heavy atom. The summed E-state index contributed by atoms with van der Waals surface area (Å²) < 4.78 is 5.71. The molecule has 0 bridgehead atoms. The molecular weight excluding hydrogens is 340 g/mol. The third-order valence-electron chi connectivity index (χ3n) is 3.64. The molecule has 5 nitrogen and oxygen atoms in total. The first-order valence-electron chi connectivity index (χ1n) is 8.14. The number of aryl methyl sites for hydroxylation is 1. The number of carbonyl (C=O) groups is 1. The van der Waals surface area contributed by atoms with Gasteiger partial charge in [0.05, 0.1) is 11.6 Å². The largest absolute Gasteiger partial charge is 0.508 e. The van der Waals surface area contributed by atoms with Gasteiger partial charge >= 0.3 is 6.03 Å². The SMILES string of the molecule is CN(C)C(=O)Nc1ccc(OCCCCc2ccc(O)cc2)c(Cl)c1. The standard InChI is InChI=1S/C19H23ClN2O3/c1-22(2)19(24)21-15-8-11-18(17(20)13-15)25-12-4-3-5-14-6-9-16(23)10-7-14/h6-11,13,23H,3-5,12H2,1-2H3,(H,21,24). The van der Waals surface area contributed by atoms with E-state index in [1.165, 1.54) is 10.5 Å². The number of phenolic OH excluding ortho intramolecular Hbond substituents is 1. The van der Waals surface area contributed by atoms with E-state index in [0.29, 0.717) is 23.1 Å². The molecule has 0 aliphatic heterocycles. The fraction of sp³-hybridized carbons (Fsp3) is 0.316. The van der Waals surface area contributed by atoms with Crippen molar-refractivity contribution in [3.05, 3.63) is 53.1 Å². The average molecular weight is 363 g/mol. The molecule has 0 atom stereocenters. The minimum Gasteiger partial charge on any atom is -0.508 e. The van der Waals surface area contributed by atoms with Crippen LogP contribution in [0.4, 0.5) is 10.5 Å². The van der Waals surface area contributed by atoms with Crippen LogP contribution in [0.15, 0.2) is 42.5 Å². The smallest absolute Gasteiger partial charge is 0.321 e. The molecule has 2 aromatic carbocycles. The number of unbranched alkanes of at least 4 members (excludes halogenated alkanes) is 1. The lowest BCUT2D eigenvalue weighted by Gasteiger charge is -2.13. The number of hydrogen-bond donors (Lipinski definition) is 2. The summed E-state index contributed by atoms with van der Waals surface area (Å²) in [6.07, 6.45) is 2.82. The molecule has 0 aromatic heterocycles. The highest BCUT2D eigenvalue weighted by Crippen LogP contribution is 2.28. The van der Waals surface area contributed by atoms with Gasteiger partial charge in [-0.3, -0.25) is 0 Å². The van der Waals surface area contributed by atoms with Gasteiger partial charge in [0.15, 0.2) is 0 Å². The van der Waals surface area contributed by atoms with E-state index in [2.05, 4.69) is 5.32 Å². The molecule has 0 spiro atoms. The Bertz CT molecular complexity index is 702. The molecule has 0 saturated carbocycles. The van der Waals surface area contributed by atoms with Crippen molar-refractivity contribution >= 4 is 23.3 Å². The quantitative estimate of drug-likeness (QED) is 0.711. The molecule has 0 unspecified atom stereocenters. The lowest BCUT2D eigenvalue weighted by molar-refractivity contribution is 0.230. The number of phenols is 1. The highest BCUT2D eigenvalue weighted by atomic mass is 35.5. The van der Waals surface area contributed by atoms with Crippen molar-refractivity contribution in [2.45, 2.75) is 19.3 Å². The number of nitrogens with zero attached hydrogens (tertiary/aromatic N) is 1. The lowest BCUT2D eigenvalue weighted by Crippen LogP contribution is -2.27. The number of nitrogens with one attached hydrogen (secondary N) is 1. The first-order valence-corrected chi connectivity index (χ1v) is 8.52. The summed E-state index contributed by atoms with van der Waals surface area (Å²) in [6.45, 7) is 0.571. The highest BCUT2D eigenvalue weighted by Gasteiger charge is 2.07. The van der Waals surface area contributed by atoms with Crippen LogP contribution in [0.25, 0.3) is 0 Å². The molecule has 0 radical (unpaired) electrons. The Balaban J connectivity index is 1.75. The van der Waals surface area contributed by atoms with Gasteiger partial charge < -0.3 is 20.1 Å². The van der Waals surface area contributed by atoms with Gasteiger partial charge in [-0.15, -0.1) is 0 Å². The van der Waals surface area contributed by atoms with Crippen LogP contribution in [-0.2, 0) is 6.42 Å². The van der Waals surface area contributed by atoms with Crippen LogP contribution < -0.4 is 10.1 Å². The van der Waals surface area contributed by atoms with Gasteiger partial charge in [-0.05, 0) is 55.2 Å². The molecule has 134 valence electrons. The van der Waals surface area contributed by atoms with Gasteiger partial charge in [0.25, 0.3) is 0 Å². The summed E-state index contributed by atoms with van der Waals surface area (Å²) in [4.78, 5) is 13.1. The number of carbonyl (C=O) groups excluding carboxylic acids is 1. The number of rotatable bonds is 7. The minimum absolute atomic E-state index is 0.209. The van der Waals surface area contributed by atoms with Gasteiger partial charge in [-0.1, -0.05) is 23.7 Å². The van der Waals surface area contributed by atoms with E-state index in [1.54, 1.807) is 44.4 Å². The van der Waals surface area contributed by atoms with E-state index in [1.807, 2.05) is 12.1 Å². The van der Waals surface area contributed by atoms with Crippen LogP contribution >= 0.6 is 11.6 Å². The summed E-state index contributed by atoms with van der Waals surface area (Å²) >= 11 is 6.20. The maximum absolute atomic E-state index is 11.6. The molecular formula is C19H23ClN2O3. The van der Waals surface area contributed by atoms with E-state index >= 15 is 0 Å². The number of urea groups is 1. The summed E-state index contributed by atoms with van der Waals surface area (Å²) in [5, 5.41) is 12.5. The monoisotopic (exact) mass is 362 g/mol. The van der Waals surface area contributed by atoms with E-state index < -0.39 is 0 Å². The van der Waals surface area contributed by atoms with Gasteiger partial charge in [0, 0.05) is 19.8 Å². The maximum atomic E-state index is 11.6. The summed E-state index contributed by atoms with van der Waals surface area (Å²) in [7, 11) is 3.35. The molecule has 25 heavy (non-hydrogen) atoms. The number of benzene rings is 2. The topological polar surface area (TPSA) is 61.8 Å². The molecule has 0 saturated heterocycles. The Morgan fingerprint density at radius 3 is 2.52 bits per heavy atom. The molecule has 0 aliphatic rings. The van der Waals surface area contributed by atoms with Gasteiger partial charge in [-0.2, -0.15) is 0 Å². The van der Waals surface area contributed by atoms with E-state index in [-0.39, 0.29) is 11.8 Å². The zero-order valence-corrected chi connectivity index (χ0v) is 15.2. The predicted octanol–water partition coefficient (Wildman–Crippen LogP) is 4.54. The van der Waals surface area contributed by atoms with E-state index in [9.17, 15) is 9.90 Å². The minimum atomic E-state index is -0.209. The summed E-state index contributed by atoms with van der Waals surface area (Å²) in [5.41, 5.74) is 1.82. The van der Waals surface area contributed by atoms with Crippen LogP contribution in [0.3, 0.4) is 0 Å². The Kier molecular flexibility index (Phi) is 6.95. The predicted molar refractivity (Wildman–Crippen MR) is 101 cm³/mol. The number of ether oxygens (including phenoxy) is 1. The van der Waals surface area contributed by atoms with Gasteiger partial charge in [-0.25, -0.2) is 4.79 Å². The first-order chi connectivity index (χ1) is 12.0. The maximum Gasteiger partial charge on any atom is 0.321 e. The zero-order valence-electron chi connectivity index (χ0n) is 14.5. The Hall–Kier alpha value is -2.40. The lowest BCUT2D eigenvalue weighted by atomic mass is 10.1. The van der Waals surface area contributed by atoms with Crippen LogP contribution in [0.2, 0.25) is 5.02 Å². The molecule has 2 aromatic rings. The number of hydrogen-bond acceptors (Lipinski definition) is 3. The molecule has 2 rings (SSSR count). The van der Waals surface area contributed by atoms with Crippen molar-refractivity contribution in [2.24, 2.45) is 0 Å². The third-order valence-corrected chi connectivity index (χ3v) is 3.94. The second kappa shape index (κ2) is 9.18.